The Morgan fingerprint density at radius 3 is 2.84 bits per heavy atom. The van der Waals surface area contributed by atoms with Crippen LogP contribution in [0.1, 0.15) is 21.4 Å². The maximum atomic E-state index is 12.6. The van der Waals surface area contributed by atoms with Crippen LogP contribution in [0.3, 0.4) is 0 Å². The molecule has 6 heteroatoms. The zero-order valence-corrected chi connectivity index (χ0v) is 15.9. The molecular formula is C19H18ClN2OS2+. The van der Waals surface area contributed by atoms with E-state index in [0.717, 1.165) is 13.0 Å². The number of benzene rings is 1. The minimum Gasteiger partial charge on any atom is -0.320 e. The molecule has 0 saturated heterocycles. The second kappa shape index (κ2) is 7.30. The number of amides is 1. The molecule has 1 aliphatic rings. The standard InChI is InChI=1S/C19H17ClN2OS2/c20-14-4-1-2-5-15(14)21-18(23)12-22-9-7-16-13(8-11-25-16)19(22)17-6-3-10-24-17/h1-6,8,10-11,19H,7,9,12H2,(H,21,23)/p+1/t19-/m1/s1. The van der Waals surface area contributed by atoms with Crippen LogP contribution in [0.15, 0.2) is 53.2 Å². The van der Waals surface area contributed by atoms with E-state index in [2.05, 4.69) is 34.3 Å². The van der Waals surface area contributed by atoms with Gasteiger partial charge in [-0.1, -0.05) is 29.8 Å². The Balaban J connectivity index is 1.55. The van der Waals surface area contributed by atoms with Gasteiger partial charge >= 0.3 is 0 Å². The molecule has 1 amide bonds. The summed E-state index contributed by atoms with van der Waals surface area (Å²) in [6.45, 7) is 1.40. The summed E-state index contributed by atoms with van der Waals surface area (Å²) in [6.07, 6.45) is 1.03. The van der Waals surface area contributed by atoms with Gasteiger partial charge in [-0.3, -0.25) is 4.79 Å². The van der Waals surface area contributed by atoms with Crippen molar-refractivity contribution in [2.45, 2.75) is 12.5 Å². The summed E-state index contributed by atoms with van der Waals surface area (Å²) in [5.41, 5.74) is 2.05. The van der Waals surface area contributed by atoms with E-state index in [0.29, 0.717) is 17.3 Å². The van der Waals surface area contributed by atoms with E-state index in [1.807, 2.05) is 29.5 Å². The fourth-order valence-corrected chi connectivity index (χ4v) is 5.42. The lowest BCUT2D eigenvalue weighted by atomic mass is 9.98. The first-order valence-corrected chi connectivity index (χ1v) is 10.3. The second-order valence-corrected chi connectivity index (χ2v) is 8.50. The molecule has 3 nitrogen and oxygen atoms in total. The van der Waals surface area contributed by atoms with Crippen molar-refractivity contribution in [3.63, 3.8) is 0 Å². The molecule has 0 bridgehead atoms. The van der Waals surface area contributed by atoms with Crippen LogP contribution in [-0.4, -0.2) is 19.0 Å². The van der Waals surface area contributed by atoms with Crippen LogP contribution < -0.4 is 10.2 Å². The number of para-hydroxylation sites is 1. The number of hydrogen-bond acceptors (Lipinski definition) is 3. The fraction of sp³-hybridized carbons (Fsp3) is 0.211. The van der Waals surface area contributed by atoms with Gasteiger partial charge < -0.3 is 10.2 Å². The molecular weight excluding hydrogens is 372 g/mol. The third-order valence-corrected chi connectivity index (χ3v) is 6.80. The second-order valence-electron chi connectivity index (χ2n) is 6.11. The molecule has 1 aromatic carbocycles. The summed E-state index contributed by atoms with van der Waals surface area (Å²) in [6, 6.07) is 14.1. The largest absolute Gasteiger partial charge is 0.320 e. The van der Waals surface area contributed by atoms with E-state index in [1.54, 1.807) is 17.4 Å². The van der Waals surface area contributed by atoms with Gasteiger partial charge in [0.25, 0.3) is 5.91 Å². The van der Waals surface area contributed by atoms with Crippen molar-refractivity contribution in [1.29, 1.82) is 0 Å². The molecule has 0 radical (unpaired) electrons. The topological polar surface area (TPSA) is 33.5 Å². The molecule has 25 heavy (non-hydrogen) atoms. The van der Waals surface area contributed by atoms with E-state index >= 15 is 0 Å². The predicted molar refractivity (Wildman–Crippen MR) is 105 cm³/mol. The summed E-state index contributed by atoms with van der Waals surface area (Å²) in [5, 5.41) is 7.80. The van der Waals surface area contributed by atoms with Crippen LogP contribution >= 0.6 is 34.3 Å². The Kier molecular flexibility index (Phi) is 4.90. The minimum atomic E-state index is 0.00309. The zero-order valence-electron chi connectivity index (χ0n) is 13.5. The normalized spacial score (nSPS) is 19.4. The van der Waals surface area contributed by atoms with Crippen LogP contribution in [0.2, 0.25) is 5.02 Å². The van der Waals surface area contributed by atoms with Crippen molar-refractivity contribution >= 4 is 45.9 Å². The number of fused-ring (bicyclic) bond motifs is 1. The number of hydrogen-bond donors (Lipinski definition) is 2. The van der Waals surface area contributed by atoms with Crippen LogP contribution in [-0.2, 0) is 11.2 Å². The average Bonchev–Trinajstić information content (AvgIpc) is 3.28. The molecule has 0 saturated carbocycles. The molecule has 2 aromatic heterocycles. The first-order valence-electron chi connectivity index (χ1n) is 8.21. The molecule has 3 aromatic rings. The van der Waals surface area contributed by atoms with Crippen LogP contribution in [0.5, 0.6) is 0 Å². The third-order valence-electron chi connectivity index (χ3n) is 4.54. The lowest BCUT2D eigenvalue weighted by Crippen LogP contribution is -3.14. The molecule has 0 spiro atoms. The van der Waals surface area contributed by atoms with Crippen LogP contribution in [0, 0.1) is 0 Å². The zero-order chi connectivity index (χ0) is 17.2. The highest BCUT2D eigenvalue weighted by molar-refractivity contribution is 7.10. The predicted octanol–water partition coefficient (Wildman–Crippen LogP) is 3.63. The maximum absolute atomic E-state index is 12.6. The molecule has 1 aliphatic heterocycles. The number of quaternary nitrogens is 1. The summed E-state index contributed by atoms with van der Waals surface area (Å²) in [4.78, 5) is 16.7. The first-order chi connectivity index (χ1) is 12.2. The highest BCUT2D eigenvalue weighted by atomic mass is 35.5. The number of rotatable bonds is 4. The van der Waals surface area contributed by atoms with Gasteiger partial charge in [0, 0.05) is 16.9 Å². The van der Waals surface area contributed by atoms with Gasteiger partial charge in [0.2, 0.25) is 0 Å². The number of nitrogens with one attached hydrogen (secondary N) is 2. The van der Waals surface area contributed by atoms with Crippen molar-refractivity contribution in [2.24, 2.45) is 0 Å². The number of carbonyl (C=O) groups is 1. The third kappa shape index (κ3) is 3.51. The summed E-state index contributed by atoms with van der Waals surface area (Å²) >= 11 is 9.74. The number of halogens is 1. The van der Waals surface area contributed by atoms with Gasteiger partial charge in [-0.2, -0.15) is 0 Å². The summed E-state index contributed by atoms with van der Waals surface area (Å²) < 4.78 is 0. The van der Waals surface area contributed by atoms with Crippen LogP contribution in [0.4, 0.5) is 5.69 Å². The average molecular weight is 390 g/mol. The number of thiophene rings is 2. The summed E-state index contributed by atoms with van der Waals surface area (Å²) in [7, 11) is 0. The van der Waals surface area contributed by atoms with Gasteiger partial charge in [-0.15, -0.1) is 22.7 Å². The maximum Gasteiger partial charge on any atom is 0.279 e. The van der Waals surface area contributed by atoms with Gasteiger partial charge in [-0.25, -0.2) is 0 Å². The molecule has 128 valence electrons. The quantitative estimate of drug-likeness (QED) is 0.701. The number of anilines is 1. The van der Waals surface area contributed by atoms with Crippen LogP contribution in [0.25, 0.3) is 0 Å². The van der Waals surface area contributed by atoms with Gasteiger partial charge in [0.15, 0.2) is 6.54 Å². The Hall–Kier alpha value is -1.66. The van der Waals surface area contributed by atoms with E-state index in [1.165, 1.54) is 20.2 Å². The van der Waals surface area contributed by atoms with E-state index in [4.69, 9.17) is 11.6 Å². The van der Waals surface area contributed by atoms with Gasteiger partial charge in [0.05, 0.1) is 22.1 Å². The molecule has 0 fully saturated rings. The number of carbonyl (C=O) groups excluding carboxylic acids is 1. The molecule has 1 unspecified atom stereocenters. The molecule has 4 rings (SSSR count). The molecule has 2 atom stereocenters. The monoisotopic (exact) mass is 389 g/mol. The van der Waals surface area contributed by atoms with E-state index < -0.39 is 0 Å². The molecule has 2 N–H and O–H groups in total. The Bertz CT molecular complexity index is 875. The van der Waals surface area contributed by atoms with Gasteiger partial charge in [0.1, 0.15) is 6.04 Å². The lowest BCUT2D eigenvalue weighted by Gasteiger charge is -2.31. The van der Waals surface area contributed by atoms with Gasteiger partial charge in [-0.05, 0) is 35.0 Å². The lowest BCUT2D eigenvalue weighted by molar-refractivity contribution is -0.919. The fourth-order valence-electron chi connectivity index (χ4n) is 3.41. The Morgan fingerprint density at radius 2 is 2.04 bits per heavy atom. The molecule has 0 aliphatic carbocycles. The van der Waals surface area contributed by atoms with Crippen molar-refractivity contribution in [3.8, 4) is 0 Å². The van der Waals surface area contributed by atoms with Crippen molar-refractivity contribution in [1.82, 2.24) is 0 Å². The summed E-state index contributed by atoms with van der Waals surface area (Å²) in [5.74, 6) is 0.00309. The van der Waals surface area contributed by atoms with Crippen molar-refractivity contribution in [2.75, 3.05) is 18.4 Å². The van der Waals surface area contributed by atoms with Crippen molar-refractivity contribution < 1.29 is 9.69 Å². The molecule has 3 heterocycles. The first kappa shape index (κ1) is 16.8. The van der Waals surface area contributed by atoms with E-state index in [9.17, 15) is 4.79 Å². The Morgan fingerprint density at radius 1 is 1.16 bits per heavy atom. The van der Waals surface area contributed by atoms with Crippen molar-refractivity contribution in [3.05, 3.63) is 73.6 Å². The highest BCUT2D eigenvalue weighted by Gasteiger charge is 2.35. The highest BCUT2D eigenvalue weighted by Crippen LogP contribution is 2.31. The smallest absolute Gasteiger partial charge is 0.279 e. The minimum absolute atomic E-state index is 0.00309. The van der Waals surface area contributed by atoms with E-state index in [-0.39, 0.29) is 11.9 Å². The SMILES string of the molecule is O=C(C[NH+]1CCc2sccc2[C@@H]1c1cccs1)Nc1ccccc1Cl. The Labute approximate surface area is 159 Å².